The smallest absolute Gasteiger partial charge is 0.224 e. The molecule has 1 aliphatic rings. The van der Waals surface area contributed by atoms with Crippen molar-refractivity contribution in [1.29, 1.82) is 0 Å². The Morgan fingerprint density at radius 3 is 2.68 bits per heavy atom. The molecule has 2 rings (SSSR count). The number of hydrogen-bond acceptors (Lipinski definition) is 3. The molecule has 0 aliphatic carbocycles. The molecule has 1 aromatic rings. The molecule has 1 saturated heterocycles. The van der Waals surface area contributed by atoms with Gasteiger partial charge in [0, 0.05) is 19.1 Å². The number of amides is 1. The molecule has 1 amide bonds. The molecule has 1 aromatic carbocycles. The van der Waals surface area contributed by atoms with Crippen LogP contribution in [0.2, 0.25) is 0 Å². The molecule has 104 valence electrons. The van der Waals surface area contributed by atoms with E-state index in [1.165, 1.54) is 0 Å². The molecule has 0 bridgehead atoms. The summed E-state index contributed by atoms with van der Waals surface area (Å²) in [6, 6.07) is 8.29. The molecule has 4 nitrogen and oxygen atoms in total. The van der Waals surface area contributed by atoms with Crippen molar-refractivity contribution in [3.05, 3.63) is 29.8 Å². The van der Waals surface area contributed by atoms with E-state index in [9.17, 15) is 4.79 Å². The molecule has 2 atom stereocenters. The van der Waals surface area contributed by atoms with Crippen LogP contribution in [0.5, 0.6) is 5.75 Å². The van der Waals surface area contributed by atoms with Crippen molar-refractivity contribution < 1.29 is 9.53 Å². The SMILES string of the molecule is COc1ccc(CNC(=O)C2CCC(C)NC2)cc1. The average Bonchev–Trinajstić information content (AvgIpc) is 2.46. The number of carbonyl (C=O) groups is 1. The average molecular weight is 262 g/mol. The molecule has 4 heteroatoms. The van der Waals surface area contributed by atoms with Gasteiger partial charge in [-0.15, -0.1) is 0 Å². The van der Waals surface area contributed by atoms with E-state index in [1.54, 1.807) is 7.11 Å². The summed E-state index contributed by atoms with van der Waals surface area (Å²) in [4.78, 5) is 12.0. The highest BCUT2D eigenvalue weighted by molar-refractivity contribution is 5.79. The second-order valence-corrected chi connectivity index (χ2v) is 5.15. The van der Waals surface area contributed by atoms with Crippen LogP contribution in [0.15, 0.2) is 24.3 Å². The van der Waals surface area contributed by atoms with Crippen molar-refractivity contribution in [3.8, 4) is 5.75 Å². The van der Waals surface area contributed by atoms with Gasteiger partial charge in [0.1, 0.15) is 5.75 Å². The van der Waals surface area contributed by atoms with Gasteiger partial charge in [-0.25, -0.2) is 0 Å². The first-order chi connectivity index (χ1) is 9.19. The first-order valence-corrected chi connectivity index (χ1v) is 6.83. The van der Waals surface area contributed by atoms with E-state index in [4.69, 9.17) is 4.74 Å². The number of methoxy groups -OCH3 is 1. The summed E-state index contributed by atoms with van der Waals surface area (Å²) in [5, 5.41) is 6.35. The normalized spacial score (nSPS) is 22.8. The number of nitrogens with one attached hydrogen (secondary N) is 2. The van der Waals surface area contributed by atoms with Crippen molar-refractivity contribution in [2.45, 2.75) is 32.4 Å². The fraction of sp³-hybridized carbons (Fsp3) is 0.533. The quantitative estimate of drug-likeness (QED) is 0.868. The Morgan fingerprint density at radius 1 is 1.37 bits per heavy atom. The molecular weight excluding hydrogens is 240 g/mol. The maximum absolute atomic E-state index is 12.0. The van der Waals surface area contributed by atoms with Gasteiger partial charge in [-0.05, 0) is 37.5 Å². The summed E-state index contributed by atoms with van der Waals surface area (Å²) in [7, 11) is 1.65. The lowest BCUT2D eigenvalue weighted by Crippen LogP contribution is -2.43. The predicted molar refractivity (Wildman–Crippen MR) is 75.0 cm³/mol. The summed E-state index contributed by atoms with van der Waals surface area (Å²) >= 11 is 0. The molecule has 1 heterocycles. The van der Waals surface area contributed by atoms with E-state index in [0.717, 1.165) is 30.7 Å². The molecule has 1 aliphatic heterocycles. The van der Waals surface area contributed by atoms with E-state index in [1.807, 2.05) is 24.3 Å². The standard InChI is InChI=1S/C15H22N2O2/c1-11-3-6-13(10-16-11)15(18)17-9-12-4-7-14(19-2)8-5-12/h4-5,7-8,11,13,16H,3,6,9-10H2,1-2H3,(H,17,18). The molecular formula is C15H22N2O2. The van der Waals surface area contributed by atoms with Crippen molar-refractivity contribution >= 4 is 5.91 Å². The summed E-state index contributed by atoms with van der Waals surface area (Å²) in [5.41, 5.74) is 1.09. The maximum atomic E-state index is 12.0. The van der Waals surface area contributed by atoms with Crippen molar-refractivity contribution in [2.75, 3.05) is 13.7 Å². The van der Waals surface area contributed by atoms with Crippen LogP contribution in [0.25, 0.3) is 0 Å². The van der Waals surface area contributed by atoms with Crippen LogP contribution in [0.1, 0.15) is 25.3 Å². The van der Waals surface area contributed by atoms with Gasteiger partial charge < -0.3 is 15.4 Å². The minimum atomic E-state index is 0.106. The lowest BCUT2D eigenvalue weighted by atomic mass is 9.95. The minimum Gasteiger partial charge on any atom is -0.497 e. The van der Waals surface area contributed by atoms with Crippen LogP contribution >= 0.6 is 0 Å². The fourth-order valence-electron chi connectivity index (χ4n) is 2.30. The van der Waals surface area contributed by atoms with E-state index < -0.39 is 0 Å². The van der Waals surface area contributed by atoms with Crippen molar-refractivity contribution in [1.82, 2.24) is 10.6 Å². The lowest BCUT2D eigenvalue weighted by Gasteiger charge is -2.26. The van der Waals surface area contributed by atoms with Gasteiger partial charge in [-0.1, -0.05) is 12.1 Å². The van der Waals surface area contributed by atoms with E-state index in [-0.39, 0.29) is 11.8 Å². The number of piperidine rings is 1. The Bertz CT molecular complexity index is 409. The van der Waals surface area contributed by atoms with E-state index >= 15 is 0 Å². The van der Waals surface area contributed by atoms with Gasteiger partial charge in [0.15, 0.2) is 0 Å². The van der Waals surface area contributed by atoms with Gasteiger partial charge in [0.25, 0.3) is 0 Å². The van der Waals surface area contributed by atoms with Crippen molar-refractivity contribution in [2.24, 2.45) is 5.92 Å². The number of carbonyl (C=O) groups excluding carboxylic acids is 1. The van der Waals surface area contributed by atoms with Crippen LogP contribution in [0.4, 0.5) is 0 Å². The number of ether oxygens (including phenoxy) is 1. The van der Waals surface area contributed by atoms with Gasteiger partial charge >= 0.3 is 0 Å². The molecule has 1 fully saturated rings. The highest BCUT2D eigenvalue weighted by Gasteiger charge is 2.23. The molecule has 0 radical (unpaired) electrons. The first-order valence-electron chi connectivity index (χ1n) is 6.83. The summed E-state index contributed by atoms with van der Waals surface area (Å²) in [6.45, 7) is 3.52. The summed E-state index contributed by atoms with van der Waals surface area (Å²) in [6.07, 6.45) is 2.04. The monoisotopic (exact) mass is 262 g/mol. The third kappa shape index (κ3) is 3.96. The number of hydrogen-bond donors (Lipinski definition) is 2. The first kappa shape index (κ1) is 13.9. The zero-order valence-electron chi connectivity index (χ0n) is 11.6. The molecule has 19 heavy (non-hydrogen) atoms. The maximum Gasteiger partial charge on any atom is 0.224 e. The van der Waals surface area contributed by atoms with E-state index in [2.05, 4.69) is 17.6 Å². The van der Waals surface area contributed by atoms with Crippen LogP contribution in [0, 0.1) is 5.92 Å². The molecule has 2 N–H and O–H groups in total. The Hall–Kier alpha value is -1.55. The Morgan fingerprint density at radius 2 is 2.11 bits per heavy atom. The van der Waals surface area contributed by atoms with Crippen LogP contribution in [-0.4, -0.2) is 25.6 Å². The second kappa shape index (κ2) is 6.57. The topological polar surface area (TPSA) is 50.4 Å². The highest BCUT2D eigenvalue weighted by atomic mass is 16.5. The fourth-order valence-corrected chi connectivity index (χ4v) is 2.30. The molecule has 2 unspecified atom stereocenters. The zero-order chi connectivity index (χ0) is 13.7. The van der Waals surface area contributed by atoms with Gasteiger partial charge in [-0.3, -0.25) is 4.79 Å². The zero-order valence-corrected chi connectivity index (χ0v) is 11.6. The third-order valence-electron chi connectivity index (χ3n) is 3.66. The van der Waals surface area contributed by atoms with Crippen molar-refractivity contribution in [3.63, 3.8) is 0 Å². The number of rotatable bonds is 4. The van der Waals surface area contributed by atoms with Crippen LogP contribution in [-0.2, 0) is 11.3 Å². The molecule has 0 saturated carbocycles. The highest BCUT2D eigenvalue weighted by Crippen LogP contribution is 2.15. The predicted octanol–water partition coefficient (Wildman–Crippen LogP) is 1.70. The third-order valence-corrected chi connectivity index (χ3v) is 3.66. The van der Waals surface area contributed by atoms with Crippen LogP contribution < -0.4 is 15.4 Å². The van der Waals surface area contributed by atoms with Gasteiger partial charge in [0.2, 0.25) is 5.91 Å². The largest absolute Gasteiger partial charge is 0.497 e. The van der Waals surface area contributed by atoms with Gasteiger partial charge in [0.05, 0.1) is 13.0 Å². The Balaban J connectivity index is 1.79. The van der Waals surface area contributed by atoms with Crippen LogP contribution in [0.3, 0.4) is 0 Å². The van der Waals surface area contributed by atoms with E-state index in [0.29, 0.717) is 12.6 Å². The Labute approximate surface area is 114 Å². The summed E-state index contributed by atoms with van der Waals surface area (Å²) in [5.74, 6) is 1.09. The molecule has 0 spiro atoms. The second-order valence-electron chi connectivity index (χ2n) is 5.15. The lowest BCUT2D eigenvalue weighted by molar-refractivity contribution is -0.125. The summed E-state index contributed by atoms with van der Waals surface area (Å²) < 4.78 is 5.10. The Kier molecular flexibility index (Phi) is 4.80. The molecule has 0 aromatic heterocycles. The minimum absolute atomic E-state index is 0.106. The number of benzene rings is 1. The van der Waals surface area contributed by atoms with Gasteiger partial charge in [-0.2, -0.15) is 0 Å².